The molecule has 0 radical (unpaired) electrons. The molecule has 0 spiro atoms. The zero-order chi connectivity index (χ0) is 20.5. The van der Waals surface area contributed by atoms with Gasteiger partial charge < -0.3 is 15.3 Å². The maximum absolute atomic E-state index is 14.0. The second-order valence-corrected chi connectivity index (χ2v) is 7.20. The van der Waals surface area contributed by atoms with Crippen LogP contribution in [0.4, 0.5) is 10.3 Å². The normalized spacial score (nSPS) is 11.1. The molecule has 148 valence electrons. The molecule has 5 aromatic rings. The Hall–Kier alpha value is -3.93. The molecule has 0 unspecified atom stereocenters. The van der Waals surface area contributed by atoms with E-state index in [-0.39, 0.29) is 5.82 Å². The van der Waals surface area contributed by atoms with E-state index in [1.807, 2.05) is 55.6 Å². The third-order valence-electron chi connectivity index (χ3n) is 5.08. The average molecular weight is 397 g/mol. The fourth-order valence-electron chi connectivity index (χ4n) is 3.55. The van der Waals surface area contributed by atoms with Crippen LogP contribution in [0.1, 0.15) is 11.3 Å². The molecule has 0 saturated carbocycles. The van der Waals surface area contributed by atoms with Crippen molar-refractivity contribution in [3.63, 3.8) is 0 Å². The summed E-state index contributed by atoms with van der Waals surface area (Å²) in [6.45, 7) is 2.29. The Balaban J connectivity index is 1.56. The van der Waals surface area contributed by atoms with Crippen molar-refractivity contribution in [2.45, 2.75) is 13.5 Å². The number of pyridine rings is 1. The van der Waals surface area contributed by atoms with Gasteiger partial charge in [-0.3, -0.25) is 4.98 Å². The van der Waals surface area contributed by atoms with Gasteiger partial charge in [-0.15, -0.1) is 0 Å². The maximum atomic E-state index is 14.0. The molecule has 3 heterocycles. The largest absolute Gasteiger partial charge is 0.361 e. The van der Waals surface area contributed by atoms with Gasteiger partial charge in [0.2, 0.25) is 5.95 Å². The highest BCUT2D eigenvalue weighted by Gasteiger charge is 2.16. The van der Waals surface area contributed by atoms with Crippen molar-refractivity contribution in [1.29, 1.82) is 0 Å². The van der Waals surface area contributed by atoms with Crippen LogP contribution in [0.2, 0.25) is 0 Å². The quantitative estimate of drug-likeness (QED) is 0.357. The first-order chi connectivity index (χ1) is 14.7. The topological polar surface area (TPSA) is 69.4 Å². The van der Waals surface area contributed by atoms with Gasteiger partial charge >= 0.3 is 0 Å². The number of benzene rings is 2. The van der Waals surface area contributed by atoms with Crippen LogP contribution >= 0.6 is 0 Å². The molecule has 5 nitrogen and oxygen atoms in total. The highest BCUT2D eigenvalue weighted by atomic mass is 19.1. The Labute approximate surface area is 173 Å². The predicted molar refractivity (Wildman–Crippen MR) is 118 cm³/mol. The van der Waals surface area contributed by atoms with Crippen LogP contribution in [0.3, 0.4) is 0 Å². The number of anilines is 1. The van der Waals surface area contributed by atoms with Gasteiger partial charge in [0.1, 0.15) is 5.82 Å². The molecule has 3 N–H and O–H groups in total. The molecular weight excluding hydrogens is 377 g/mol. The summed E-state index contributed by atoms with van der Waals surface area (Å²) in [5, 5.41) is 4.32. The molecule has 5 rings (SSSR count). The van der Waals surface area contributed by atoms with Crippen molar-refractivity contribution < 1.29 is 4.39 Å². The predicted octanol–water partition coefficient (Wildman–Crippen LogP) is 5.68. The molecule has 0 aliphatic rings. The number of nitrogens with zero attached hydrogens (tertiary/aromatic N) is 2. The van der Waals surface area contributed by atoms with Crippen LogP contribution in [-0.4, -0.2) is 19.9 Å². The lowest BCUT2D eigenvalue weighted by molar-refractivity contribution is 0.613. The SMILES string of the molecule is Cc1cccc(-c2[nH]c(NCc3ccccc3F)nc2-c2ccc3[nH]ccc3c2)n1. The Bertz CT molecular complexity index is 1330. The molecule has 0 aliphatic carbocycles. The summed E-state index contributed by atoms with van der Waals surface area (Å²) in [5.74, 6) is 0.330. The summed E-state index contributed by atoms with van der Waals surface area (Å²) in [6.07, 6.45) is 1.92. The molecule has 0 fully saturated rings. The molecule has 30 heavy (non-hydrogen) atoms. The van der Waals surface area contributed by atoms with Crippen LogP contribution in [0.5, 0.6) is 0 Å². The first-order valence-corrected chi connectivity index (χ1v) is 9.76. The van der Waals surface area contributed by atoms with Gasteiger partial charge in [-0.1, -0.05) is 30.3 Å². The minimum absolute atomic E-state index is 0.240. The van der Waals surface area contributed by atoms with E-state index in [9.17, 15) is 4.39 Å². The summed E-state index contributed by atoms with van der Waals surface area (Å²) in [5.41, 5.74) is 6.00. The monoisotopic (exact) mass is 397 g/mol. The lowest BCUT2D eigenvalue weighted by Crippen LogP contribution is -2.02. The minimum atomic E-state index is -0.240. The van der Waals surface area contributed by atoms with E-state index in [4.69, 9.17) is 4.98 Å². The number of imidazole rings is 1. The number of nitrogens with one attached hydrogen (secondary N) is 3. The summed E-state index contributed by atoms with van der Waals surface area (Å²) < 4.78 is 14.0. The van der Waals surface area contributed by atoms with Gasteiger partial charge in [-0.25, -0.2) is 9.37 Å². The van der Waals surface area contributed by atoms with E-state index < -0.39 is 0 Å². The number of aromatic amines is 2. The zero-order valence-electron chi connectivity index (χ0n) is 16.4. The van der Waals surface area contributed by atoms with E-state index in [0.29, 0.717) is 18.1 Å². The third kappa shape index (κ3) is 3.43. The molecule has 2 aromatic carbocycles. The second-order valence-electron chi connectivity index (χ2n) is 7.20. The van der Waals surface area contributed by atoms with Crippen LogP contribution in [-0.2, 0) is 6.54 Å². The number of hydrogen-bond acceptors (Lipinski definition) is 3. The lowest BCUT2D eigenvalue weighted by atomic mass is 10.1. The summed E-state index contributed by atoms with van der Waals surface area (Å²) in [7, 11) is 0. The average Bonchev–Trinajstić information content (AvgIpc) is 3.39. The Morgan fingerprint density at radius 3 is 2.73 bits per heavy atom. The van der Waals surface area contributed by atoms with Crippen LogP contribution in [0, 0.1) is 12.7 Å². The van der Waals surface area contributed by atoms with Crippen LogP contribution in [0.15, 0.2) is 72.9 Å². The van der Waals surface area contributed by atoms with Crippen molar-refractivity contribution in [3.8, 4) is 22.6 Å². The third-order valence-corrected chi connectivity index (χ3v) is 5.08. The number of H-pyrrole nitrogens is 2. The number of halogens is 1. The van der Waals surface area contributed by atoms with Crippen molar-refractivity contribution in [1.82, 2.24) is 19.9 Å². The van der Waals surface area contributed by atoms with E-state index in [2.05, 4.69) is 26.3 Å². The van der Waals surface area contributed by atoms with Crippen molar-refractivity contribution >= 4 is 16.9 Å². The van der Waals surface area contributed by atoms with Gasteiger partial charge in [-0.2, -0.15) is 0 Å². The standard InChI is InChI=1S/C24H20FN5/c1-15-5-4-8-21(28-15)23-22(17-9-10-20-16(13-17)11-12-26-20)29-24(30-23)27-14-18-6-2-3-7-19(18)25/h2-13,26H,14H2,1H3,(H2,27,29,30). The van der Waals surface area contributed by atoms with Gasteiger partial charge in [0, 0.05) is 40.5 Å². The first-order valence-electron chi connectivity index (χ1n) is 9.76. The van der Waals surface area contributed by atoms with Crippen molar-refractivity contribution in [3.05, 3.63) is 90.0 Å². The molecule has 0 amide bonds. The Morgan fingerprint density at radius 2 is 1.87 bits per heavy atom. The Kier molecular flexibility index (Phi) is 4.52. The van der Waals surface area contributed by atoms with Gasteiger partial charge in [0.15, 0.2) is 0 Å². The maximum Gasteiger partial charge on any atom is 0.201 e. The second kappa shape index (κ2) is 7.48. The molecule has 0 atom stereocenters. The highest BCUT2D eigenvalue weighted by Crippen LogP contribution is 2.32. The van der Waals surface area contributed by atoms with Crippen molar-refractivity contribution in [2.24, 2.45) is 0 Å². The zero-order valence-corrected chi connectivity index (χ0v) is 16.4. The molecule has 3 aromatic heterocycles. The summed E-state index contributed by atoms with van der Waals surface area (Å²) >= 11 is 0. The molecule has 0 aliphatic heterocycles. The number of rotatable bonds is 5. The molecular formula is C24H20FN5. The van der Waals surface area contributed by atoms with Gasteiger partial charge in [0.05, 0.1) is 17.1 Å². The fraction of sp³-hybridized carbons (Fsp3) is 0.0833. The van der Waals surface area contributed by atoms with Crippen LogP contribution in [0.25, 0.3) is 33.5 Å². The smallest absolute Gasteiger partial charge is 0.201 e. The number of aromatic nitrogens is 4. The van der Waals surface area contributed by atoms with Crippen molar-refractivity contribution in [2.75, 3.05) is 5.32 Å². The number of hydrogen-bond donors (Lipinski definition) is 3. The lowest BCUT2D eigenvalue weighted by Gasteiger charge is -2.04. The molecule has 0 saturated heterocycles. The van der Waals surface area contributed by atoms with E-state index >= 15 is 0 Å². The van der Waals surface area contributed by atoms with Gasteiger partial charge in [0.25, 0.3) is 0 Å². The van der Waals surface area contributed by atoms with E-state index in [1.54, 1.807) is 12.1 Å². The number of aryl methyl sites for hydroxylation is 1. The summed E-state index contributed by atoms with van der Waals surface area (Å²) in [4.78, 5) is 16.0. The van der Waals surface area contributed by atoms with Crippen LogP contribution < -0.4 is 5.32 Å². The fourth-order valence-corrected chi connectivity index (χ4v) is 3.55. The highest BCUT2D eigenvalue weighted by molar-refractivity contribution is 5.87. The van der Waals surface area contributed by atoms with E-state index in [0.717, 1.165) is 39.2 Å². The van der Waals surface area contributed by atoms with E-state index in [1.165, 1.54) is 6.07 Å². The Morgan fingerprint density at radius 1 is 0.967 bits per heavy atom. The van der Waals surface area contributed by atoms with Gasteiger partial charge in [-0.05, 0) is 43.3 Å². The minimum Gasteiger partial charge on any atom is -0.361 e. The number of fused-ring (bicyclic) bond motifs is 1. The molecule has 6 heteroatoms. The molecule has 0 bridgehead atoms. The first kappa shape index (κ1) is 18.1. The summed E-state index contributed by atoms with van der Waals surface area (Å²) in [6, 6.07) is 20.8.